The Bertz CT molecular complexity index is 874. The number of aromatic nitrogens is 2. The average molecular weight is 368 g/mol. The number of amides is 1. The lowest BCUT2D eigenvalue weighted by molar-refractivity contribution is -0.116. The minimum atomic E-state index is -0.0262. The topological polar surface area (TPSA) is 76.9 Å². The molecule has 0 radical (unpaired) electrons. The highest BCUT2D eigenvalue weighted by Gasteiger charge is 2.10. The maximum Gasteiger partial charge on any atom is 0.224 e. The fourth-order valence-corrected chi connectivity index (χ4v) is 2.72. The molecule has 7 heteroatoms. The maximum atomic E-state index is 12.0. The fraction of sp³-hybridized carbons (Fsp3) is 0.300. The van der Waals surface area contributed by atoms with Crippen LogP contribution in [0.4, 0.5) is 5.69 Å². The molecule has 2 heterocycles. The monoisotopic (exact) mass is 368 g/mol. The number of hydrogen-bond acceptors (Lipinski definition) is 5. The first kappa shape index (κ1) is 18.7. The van der Waals surface area contributed by atoms with Crippen molar-refractivity contribution < 1.29 is 14.3 Å². The highest BCUT2D eigenvalue weighted by Crippen LogP contribution is 2.31. The predicted octanol–water partition coefficient (Wildman–Crippen LogP) is 2.86. The van der Waals surface area contributed by atoms with Crippen molar-refractivity contribution >= 4 is 17.2 Å². The standard InChI is InChI=1S/C20H24N4O3/c1-21-10-5-7-20(25)23-15-8-9-17(26-2)18(12-15)27-14-16-13-24-11-4-3-6-19(24)22-16/h3-4,6,8-9,11-13,21H,5,7,10,14H2,1-2H3,(H,23,25). The molecule has 0 unspecified atom stereocenters. The Kier molecular flexibility index (Phi) is 6.27. The van der Waals surface area contributed by atoms with Gasteiger partial charge in [0.15, 0.2) is 11.5 Å². The molecular formula is C20H24N4O3. The third-order valence-corrected chi connectivity index (χ3v) is 4.07. The zero-order chi connectivity index (χ0) is 19.1. The van der Waals surface area contributed by atoms with Gasteiger partial charge in [-0.2, -0.15) is 0 Å². The van der Waals surface area contributed by atoms with E-state index in [1.54, 1.807) is 25.3 Å². The van der Waals surface area contributed by atoms with Crippen LogP contribution in [-0.4, -0.2) is 36.0 Å². The second kappa shape index (κ2) is 9.05. The van der Waals surface area contributed by atoms with Crippen molar-refractivity contribution in [2.75, 3.05) is 26.0 Å². The summed E-state index contributed by atoms with van der Waals surface area (Å²) < 4.78 is 13.2. The van der Waals surface area contributed by atoms with Crippen LogP contribution < -0.4 is 20.1 Å². The highest BCUT2D eigenvalue weighted by atomic mass is 16.5. The maximum absolute atomic E-state index is 12.0. The zero-order valence-electron chi connectivity index (χ0n) is 15.6. The van der Waals surface area contributed by atoms with E-state index in [-0.39, 0.29) is 5.91 Å². The normalized spacial score (nSPS) is 10.7. The number of rotatable bonds is 9. The third kappa shape index (κ3) is 4.98. The Labute approximate surface area is 158 Å². The van der Waals surface area contributed by atoms with Crippen LogP contribution in [0, 0.1) is 0 Å². The first-order valence-corrected chi connectivity index (χ1v) is 8.87. The zero-order valence-corrected chi connectivity index (χ0v) is 15.6. The molecule has 0 aliphatic heterocycles. The van der Waals surface area contributed by atoms with E-state index in [0.29, 0.717) is 30.2 Å². The largest absolute Gasteiger partial charge is 0.493 e. The first-order valence-electron chi connectivity index (χ1n) is 8.87. The molecule has 142 valence electrons. The van der Waals surface area contributed by atoms with Gasteiger partial charge in [-0.05, 0) is 44.3 Å². The fourth-order valence-electron chi connectivity index (χ4n) is 2.72. The number of pyridine rings is 1. The van der Waals surface area contributed by atoms with Crippen LogP contribution in [0.25, 0.3) is 5.65 Å². The number of methoxy groups -OCH3 is 1. The quantitative estimate of drug-likeness (QED) is 0.568. The lowest BCUT2D eigenvalue weighted by Crippen LogP contribution is -2.15. The van der Waals surface area contributed by atoms with Gasteiger partial charge < -0.3 is 24.5 Å². The highest BCUT2D eigenvalue weighted by molar-refractivity contribution is 5.91. The summed E-state index contributed by atoms with van der Waals surface area (Å²) in [6.45, 7) is 1.11. The predicted molar refractivity (Wildman–Crippen MR) is 104 cm³/mol. The van der Waals surface area contributed by atoms with E-state index >= 15 is 0 Å². The number of fused-ring (bicyclic) bond motifs is 1. The molecule has 0 fully saturated rings. The molecule has 3 aromatic rings. The third-order valence-electron chi connectivity index (χ3n) is 4.07. The molecule has 0 aliphatic carbocycles. The molecule has 0 spiro atoms. The Morgan fingerprint density at radius 2 is 2.11 bits per heavy atom. The van der Waals surface area contributed by atoms with Crippen LogP contribution in [0.1, 0.15) is 18.5 Å². The van der Waals surface area contributed by atoms with Gasteiger partial charge in [0.2, 0.25) is 5.91 Å². The molecule has 0 bridgehead atoms. The molecule has 0 saturated heterocycles. The lowest BCUT2D eigenvalue weighted by Gasteiger charge is -2.12. The van der Waals surface area contributed by atoms with Gasteiger partial charge >= 0.3 is 0 Å². The number of benzene rings is 1. The van der Waals surface area contributed by atoms with Crippen molar-refractivity contribution in [3.8, 4) is 11.5 Å². The molecule has 7 nitrogen and oxygen atoms in total. The number of ether oxygens (including phenoxy) is 2. The number of nitrogens with one attached hydrogen (secondary N) is 2. The summed E-state index contributed by atoms with van der Waals surface area (Å²) in [4.78, 5) is 16.5. The first-order chi connectivity index (χ1) is 13.2. The van der Waals surface area contributed by atoms with Gasteiger partial charge in [-0.15, -0.1) is 0 Å². The number of nitrogens with zero attached hydrogens (tertiary/aromatic N) is 2. The van der Waals surface area contributed by atoms with Gasteiger partial charge in [-0.3, -0.25) is 4.79 Å². The number of imidazole rings is 1. The average Bonchev–Trinajstić information content (AvgIpc) is 3.10. The second-order valence-electron chi connectivity index (χ2n) is 6.11. The number of hydrogen-bond donors (Lipinski definition) is 2. The molecule has 2 N–H and O–H groups in total. The van der Waals surface area contributed by atoms with Crippen molar-refractivity contribution in [3.05, 3.63) is 54.5 Å². The van der Waals surface area contributed by atoms with Crippen LogP contribution in [0.2, 0.25) is 0 Å². The molecule has 27 heavy (non-hydrogen) atoms. The number of carbonyl (C=O) groups excluding carboxylic acids is 1. The van der Waals surface area contributed by atoms with Gasteiger partial charge in [-0.25, -0.2) is 4.98 Å². The Morgan fingerprint density at radius 1 is 1.22 bits per heavy atom. The SMILES string of the molecule is CNCCCC(=O)Nc1ccc(OC)c(OCc2cn3ccccc3n2)c1. The summed E-state index contributed by atoms with van der Waals surface area (Å²) in [5.74, 6) is 1.14. The van der Waals surface area contributed by atoms with Gasteiger partial charge in [0, 0.05) is 30.6 Å². The second-order valence-corrected chi connectivity index (χ2v) is 6.11. The van der Waals surface area contributed by atoms with Crippen molar-refractivity contribution in [3.63, 3.8) is 0 Å². The van der Waals surface area contributed by atoms with Crippen LogP contribution >= 0.6 is 0 Å². The number of anilines is 1. The van der Waals surface area contributed by atoms with Gasteiger partial charge in [0.1, 0.15) is 12.3 Å². The summed E-state index contributed by atoms with van der Waals surface area (Å²) in [5, 5.41) is 5.92. The van der Waals surface area contributed by atoms with Crippen molar-refractivity contribution in [1.29, 1.82) is 0 Å². The summed E-state index contributed by atoms with van der Waals surface area (Å²) in [6, 6.07) is 11.2. The molecule has 0 aliphatic rings. The van der Waals surface area contributed by atoms with E-state index in [0.717, 1.165) is 24.3 Å². The van der Waals surface area contributed by atoms with Gasteiger partial charge in [0.25, 0.3) is 0 Å². The molecular weight excluding hydrogens is 344 g/mol. The lowest BCUT2D eigenvalue weighted by atomic mass is 10.2. The molecule has 1 amide bonds. The Hall–Kier alpha value is -3.06. The van der Waals surface area contributed by atoms with E-state index < -0.39 is 0 Å². The van der Waals surface area contributed by atoms with Crippen LogP contribution in [-0.2, 0) is 11.4 Å². The van der Waals surface area contributed by atoms with Crippen molar-refractivity contribution in [2.45, 2.75) is 19.4 Å². The van der Waals surface area contributed by atoms with Crippen LogP contribution in [0.3, 0.4) is 0 Å². The van der Waals surface area contributed by atoms with Gasteiger partial charge in [0.05, 0.1) is 12.8 Å². The molecule has 0 atom stereocenters. The summed E-state index contributed by atoms with van der Waals surface area (Å²) >= 11 is 0. The van der Waals surface area contributed by atoms with Crippen LogP contribution in [0.5, 0.6) is 11.5 Å². The van der Waals surface area contributed by atoms with Crippen LogP contribution in [0.15, 0.2) is 48.8 Å². The summed E-state index contributed by atoms with van der Waals surface area (Å²) in [5.41, 5.74) is 2.35. The summed E-state index contributed by atoms with van der Waals surface area (Å²) in [7, 11) is 3.46. The van der Waals surface area contributed by atoms with E-state index in [2.05, 4.69) is 15.6 Å². The van der Waals surface area contributed by atoms with E-state index in [1.165, 1.54) is 0 Å². The minimum Gasteiger partial charge on any atom is -0.493 e. The van der Waals surface area contributed by atoms with E-state index in [4.69, 9.17) is 9.47 Å². The molecule has 2 aromatic heterocycles. The number of carbonyl (C=O) groups is 1. The van der Waals surface area contributed by atoms with Gasteiger partial charge in [-0.1, -0.05) is 6.07 Å². The molecule has 0 saturated carbocycles. The molecule has 1 aromatic carbocycles. The smallest absolute Gasteiger partial charge is 0.224 e. The minimum absolute atomic E-state index is 0.0262. The van der Waals surface area contributed by atoms with Crippen molar-refractivity contribution in [2.24, 2.45) is 0 Å². The summed E-state index contributed by atoms with van der Waals surface area (Å²) in [6.07, 6.45) is 5.12. The Balaban J connectivity index is 1.66. The van der Waals surface area contributed by atoms with E-state index in [9.17, 15) is 4.79 Å². The van der Waals surface area contributed by atoms with Crippen molar-refractivity contribution in [1.82, 2.24) is 14.7 Å². The molecule has 3 rings (SSSR count). The Morgan fingerprint density at radius 3 is 2.89 bits per heavy atom. The van der Waals surface area contributed by atoms with E-state index in [1.807, 2.05) is 42.0 Å².